The van der Waals surface area contributed by atoms with E-state index in [1.165, 1.54) is 17.8 Å². The van der Waals surface area contributed by atoms with Crippen LogP contribution in [0.1, 0.15) is 47.5 Å². The predicted octanol–water partition coefficient (Wildman–Crippen LogP) is 3.26. The average Bonchev–Trinajstić information content (AvgIpc) is 2.84. The first-order valence-electron chi connectivity index (χ1n) is 6.30. The molecule has 1 aliphatic rings. The lowest BCUT2D eigenvalue weighted by molar-refractivity contribution is -0.000630. The monoisotopic (exact) mass is 261 g/mol. The van der Waals surface area contributed by atoms with Crippen LogP contribution in [-0.2, 0) is 5.60 Å². The largest absolute Gasteiger partial charge is 0.383 e. The molecule has 1 saturated carbocycles. The minimum Gasteiger partial charge on any atom is -0.383 e. The quantitative estimate of drug-likeness (QED) is 0.844. The molecule has 1 aliphatic carbocycles. The fourth-order valence-corrected chi connectivity index (χ4v) is 3.80. The summed E-state index contributed by atoms with van der Waals surface area (Å²) < 4.78 is 0.890. The second kappa shape index (κ2) is 4.44. The van der Waals surface area contributed by atoms with Gasteiger partial charge in [-0.3, -0.25) is 4.79 Å². The lowest BCUT2D eigenvalue weighted by Gasteiger charge is -2.29. The molecule has 0 spiro atoms. The van der Waals surface area contributed by atoms with E-state index in [0.29, 0.717) is 5.56 Å². The van der Waals surface area contributed by atoms with E-state index < -0.39 is 5.60 Å². The normalized spacial score (nSPS) is 18.9. The first-order valence-corrected chi connectivity index (χ1v) is 7.12. The Kier molecular flexibility index (Phi) is 2.92. The molecule has 1 fully saturated rings. The fraction of sp³-hybridized carbons (Fsp3) is 0.429. The summed E-state index contributed by atoms with van der Waals surface area (Å²) >= 11 is 1.46. The highest BCUT2D eigenvalue weighted by Crippen LogP contribution is 2.40. The van der Waals surface area contributed by atoms with E-state index in [-0.39, 0.29) is 0 Å². The molecule has 4 heteroatoms. The van der Waals surface area contributed by atoms with Crippen molar-refractivity contribution in [3.05, 3.63) is 28.8 Å². The van der Waals surface area contributed by atoms with Crippen LogP contribution in [0.2, 0.25) is 0 Å². The van der Waals surface area contributed by atoms with Gasteiger partial charge < -0.3 is 5.11 Å². The van der Waals surface area contributed by atoms with E-state index in [1.807, 2.05) is 12.1 Å². The lowest BCUT2D eigenvalue weighted by atomic mass is 9.85. The van der Waals surface area contributed by atoms with Crippen LogP contribution in [0.4, 0.5) is 0 Å². The first-order chi connectivity index (χ1) is 8.73. The van der Waals surface area contributed by atoms with Crippen molar-refractivity contribution < 1.29 is 9.90 Å². The third-order valence-corrected chi connectivity index (χ3v) is 4.96. The highest BCUT2D eigenvalue weighted by molar-refractivity contribution is 7.19. The van der Waals surface area contributed by atoms with Gasteiger partial charge in [0.1, 0.15) is 10.6 Å². The molecule has 0 bridgehead atoms. The fourth-order valence-electron chi connectivity index (χ4n) is 2.61. The Morgan fingerprint density at radius 2 is 2.06 bits per heavy atom. The van der Waals surface area contributed by atoms with Crippen molar-refractivity contribution in [1.29, 1.82) is 0 Å². The van der Waals surface area contributed by atoms with Crippen molar-refractivity contribution in [2.45, 2.75) is 37.7 Å². The zero-order chi connectivity index (χ0) is 12.6. The number of thiazole rings is 1. The third-order valence-electron chi connectivity index (χ3n) is 3.65. The van der Waals surface area contributed by atoms with E-state index in [4.69, 9.17) is 0 Å². The summed E-state index contributed by atoms with van der Waals surface area (Å²) in [4.78, 5) is 15.5. The highest BCUT2D eigenvalue weighted by atomic mass is 32.1. The zero-order valence-corrected chi connectivity index (χ0v) is 10.9. The lowest BCUT2D eigenvalue weighted by Crippen LogP contribution is -2.28. The maximum absolute atomic E-state index is 11.0. The summed E-state index contributed by atoms with van der Waals surface area (Å²) in [7, 11) is 0. The maximum atomic E-state index is 11.0. The van der Waals surface area contributed by atoms with Gasteiger partial charge in [0.25, 0.3) is 0 Å². The zero-order valence-electron chi connectivity index (χ0n) is 10.1. The first kappa shape index (κ1) is 11.8. The van der Waals surface area contributed by atoms with Gasteiger partial charge in [-0.2, -0.15) is 0 Å². The Hall–Kier alpha value is -1.26. The molecule has 3 rings (SSSR count). The minimum absolute atomic E-state index is 0.663. The summed E-state index contributed by atoms with van der Waals surface area (Å²) in [5, 5.41) is 11.4. The van der Waals surface area contributed by atoms with Crippen LogP contribution in [0, 0.1) is 0 Å². The number of fused-ring (bicyclic) bond motifs is 1. The van der Waals surface area contributed by atoms with Crippen molar-refractivity contribution in [1.82, 2.24) is 4.98 Å². The number of carbonyl (C=O) groups excluding carboxylic acids is 1. The molecule has 0 aliphatic heterocycles. The van der Waals surface area contributed by atoms with Gasteiger partial charge in [0.2, 0.25) is 0 Å². The molecule has 18 heavy (non-hydrogen) atoms. The predicted molar refractivity (Wildman–Crippen MR) is 72.0 cm³/mol. The Morgan fingerprint density at radius 3 is 2.78 bits per heavy atom. The molecule has 0 atom stereocenters. The third kappa shape index (κ3) is 1.85. The average molecular weight is 261 g/mol. The van der Waals surface area contributed by atoms with E-state index in [2.05, 4.69) is 4.98 Å². The standard InChI is InChI=1S/C14H15NO2S/c16-9-10-5-4-6-11-12(10)18-13(15-11)14(17)7-2-1-3-8-14/h4-6,9,17H,1-3,7-8H2. The van der Waals surface area contributed by atoms with Crippen molar-refractivity contribution in [2.75, 3.05) is 0 Å². The number of hydrogen-bond donors (Lipinski definition) is 1. The van der Waals surface area contributed by atoms with Gasteiger partial charge in [-0.05, 0) is 18.9 Å². The number of rotatable bonds is 2. The van der Waals surface area contributed by atoms with Crippen molar-refractivity contribution in [3.8, 4) is 0 Å². The number of aldehydes is 1. The Labute approximate surface area is 109 Å². The number of carbonyl (C=O) groups is 1. The molecule has 1 aromatic heterocycles. The van der Waals surface area contributed by atoms with E-state index in [1.54, 1.807) is 6.07 Å². The number of aromatic nitrogens is 1. The van der Waals surface area contributed by atoms with Gasteiger partial charge in [-0.25, -0.2) is 4.98 Å². The molecular formula is C14H15NO2S. The number of hydrogen-bond acceptors (Lipinski definition) is 4. The summed E-state index contributed by atoms with van der Waals surface area (Å²) in [5.74, 6) is 0. The smallest absolute Gasteiger partial charge is 0.151 e. The molecule has 1 aromatic carbocycles. The Balaban J connectivity index is 2.10. The van der Waals surface area contributed by atoms with Crippen LogP contribution in [0.15, 0.2) is 18.2 Å². The molecule has 3 nitrogen and oxygen atoms in total. The summed E-state index contributed by atoms with van der Waals surface area (Å²) in [5.41, 5.74) is 0.705. The van der Waals surface area contributed by atoms with Gasteiger partial charge in [-0.15, -0.1) is 11.3 Å². The van der Waals surface area contributed by atoms with E-state index in [0.717, 1.165) is 47.2 Å². The maximum Gasteiger partial charge on any atom is 0.151 e. The minimum atomic E-state index is -0.776. The van der Waals surface area contributed by atoms with Crippen molar-refractivity contribution in [3.63, 3.8) is 0 Å². The van der Waals surface area contributed by atoms with Crippen LogP contribution in [-0.4, -0.2) is 16.4 Å². The van der Waals surface area contributed by atoms with Gasteiger partial charge in [0.05, 0.1) is 10.2 Å². The molecular weight excluding hydrogens is 246 g/mol. The molecule has 0 amide bonds. The van der Waals surface area contributed by atoms with Crippen molar-refractivity contribution >= 4 is 27.8 Å². The number of benzene rings is 1. The molecule has 0 radical (unpaired) electrons. The Morgan fingerprint density at radius 1 is 1.28 bits per heavy atom. The summed E-state index contributed by atoms with van der Waals surface area (Å²) in [6.45, 7) is 0. The van der Waals surface area contributed by atoms with Crippen LogP contribution in [0.5, 0.6) is 0 Å². The molecule has 0 unspecified atom stereocenters. The molecule has 0 saturated heterocycles. The van der Waals surface area contributed by atoms with Crippen molar-refractivity contribution in [2.24, 2.45) is 0 Å². The van der Waals surface area contributed by atoms with E-state index in [9.17, 15) is 9.90 Å². The van der Waals surface area contributed by atoms with Gasteiger partial charge in [0, 0.05) is 5.56 Å². The molecule has 1 N–H and O–H groups in total. The van der Waals surface area contributed by atoms with Gasteiger partial charge in [-0.1, -0.05) is 31.4 Å². The highest BCUT2D eigenvalue weighted by Gasteiger charge is 2.34. The number of nitrogens with zero attached hydrogens (tertiary/aromatic N) is 1. The van der Waals surface area contributed by atoms with E-state index >= 15 is 0 Å². The second-order valence-corrected chi connectivity index (χ2v) is 5.92. The van der Waals surface area contributed by atoms with Gasteiger partial charge >= 0.3 is 0 Å². The van der Waals surface area contributed by atoms with Gasteiger partial charge in [0.15, 0.2) is 6.29 Å². The SMILES string of the molecule is O=Cc1cccc2nc(C3(O)CCCCC3)sc12. The van der Waals surface area contributed by atoms with Crippen LogP contribution < -0.4 is 0 Å². The number of aliphatic hydroxyl groups is 1. The van der Waals surface area contributed by atoms with Crippen LogP contribution in [0.25, 0.3) is 10.2 Å². The summed E-state index contributed by atoms with van der Waals surface area (Å²) in [6.07, 6.45) is 5.70. The molecule has 94 valence electrons. The van der Waals surface area contributed by atoms with Crippen LogP contribution in [0.3, 0.4) is 0 Å². The second-order valence-electron chi connectivity index (χ2n) is 4.92. The topological polar surface area (TPSA) is 50.2 Å². The molecule has 1 heterocycles. The summed E-state index contributed by atoms with van der Waals surface area (Å²) in [6, 6.07) is 5.53. The van der Waals surface area contributed by atoms with Crippen LogP contribution >= 0.6 is 11.3 Å². The Bertz CT molecular complexity index is 584. The molecule has 2 aromatic rings.